The Hall–Kier alpha value is -0.680. The van der Waals surface area contributed by atoms with Gasteiger partial charge >= 0.3 is 13.6 Å². The molecule has 0 aliphatic rings. The highest BCUT2D eigenvalue weighted by atomic mass is 31.2. The molecule has 0 aliphatic heterocycles. The van der Waals surface area contributed by atoms with E-state index < -0.39 is 19.6 Å². The maximum absolute atomic E-state index is 10.4. The van der Waals surface area contributed by atoms with Gasteiger partial charge in [-0.1, -0.05) is 5.57 Å². The number of carboxylic acids is 1. The minimum atomic E-state index is -4.22. The molecule has 0 amide bonds. The zero-order valence-corrected chi connectivity index (χ0v) is 7.94. The Morgan fingerprint density at radius 2 is 2.08 bits per heavy atom. The van der Waals surface area contributed by atoms with Crippen LogP contribution in [0.2, 0.25) is 0 Å². The zero-order valence-electron chi connectivity index (χ0n) is 7.04. The van der Waals surface area contributed by atoms with Gasteiger partial charge in [0.15, 0.2) is 0 Å². The van der Waals surface area contributed by atoms with Gasteiger partial charge in [0, 0.05) is 5.82 Å². The van der Waals surface area contributed by atoms with Gasteiger partial charge in [0.25, 0.3) is 0 Å². The lowest BCUT2D eigenvalue weighted by Crippen LogP contribution is -2.30. The maximum Gasteiger partial charge on any atom is 0.349 e. The summed E-state index contributed by atoms with van der Waals surface area (Å²) in [5, 5.41) is 8.38. The smallest absolute Gasteiger partial charge is 0.349 e. The first-order valence-corrected chi connectivity index (χ1v) is 5.12. The average molecular weight is 209 g/mol. The zero-order chi connectivity index (χ0) is 10.6. The Morgan fingerprint density at radius 1 is 1.62 bits per heavy atom. The van der Waals surface area contributed by atoms with Crippen molar-refractivity contribution in [2.45, 2.75) is 19.4 Å². The van der Waals surface area contributed by atoms with Crippen molar-refractivity contribution in [1.29, 1.82) is 0 Å². The molecule has 0 aromatic heterocycles. The van der Waals surface area contributed by atoms with E-state index in [0.717, 1.165) is 5.82 Å². The summed E-state index contributed by atoms with van der Waals surface area (Å²) < 4.78 is 10.4. The quantitative estimate of drug-likeness (QED) is 0.478. The molecule has 7 heteroatoms. The fraction of sp³-hybridized carbons (Fsp3) is 0.500. The molecule has 6 nitrogen and oxygen atoms in total. The summed E-state index contributed by atoms with van der Waals surface area (Å²) in [6, 6.07) is -1.12. The van der Waals surface area contributed by atoms with E-state index in [1.165, 1.54) is 6.92 Å². The summed E-state index contributed by atoms with van der Waals surface area (Å²) in [4.78, 5) is 27.2. The topological polar surface area (TPSA) is 121 Å². The third kappa shape index (κ3) is 6.48. The summed E-state index contributed by atoms with van der Waals surface area (Å²) in [6.45, 7) is 1.42. The van der Waals surface area contributed by atoms with Crippen LogP contribution in [-0.4, -0.2) is 26.9 Å². The molecule has 13 heavy (non-hydrogen) atoms. The van der Waals surface area contributed by atoms with E-state index >= 15 is 0 Å². The summed E-state index contributed by atoms with van der Waals surface area (Å²) in [6.07, 6.45) is -0.0690. The Labute approximate surface area is 75.2 Å². The Morgan fingerprint density at radius 3 is 2.38 bits per heavy atom. The molecule has 0 radical (unpaired) electrons. The molecule has 76 valence electrons. The van der Waals surface area contributed by atoms with Crippen LogP contribution >= 0.6 is 7.60 Å². The van der Waals surface area contributed by atoms with E-state index in [1.54, 1.807) is 0 Å². The third-order valence-corrected chi connectivity index (χ3v) is 2.02. The van der Waals surface area contributed by atoms with Crippen LogP contribution in [0.5, 0.6) is 0 Å². The lowest BCUT2D eigenvalue weighted by Gasteiger charge is -2.06. The van der Waals surface area contributed by atoms with Crippen molar-refractivity contribution in [1.82, 2.24) is 0 Å². The van der Waals surface area contributed by atoms with E-state index in [1.807, 2.05) is 0 Å². The molecule has 0 saturated carbocycles. The van der Waals surface area contributed by atoms with Crippen LogP contribution in [0.25, 0.3) is 0 Å². The van der Waals surface area contributed by atoms with Crippen LogP contribution in [0.4, 0.5) is 0 Å². The number of rotatable bonds is 4. The summed E-state index contributed by atoms with van der Waals surface area (Å²) in [5.74, 6) is -0.478. The van der Waals surface area contributed by atoms with Crippen molar-refractivity contribution >= 4 is 13.6 Å². The fourth-order valence-electron chi connectivity index (χ4n) is 0.774. The molecule has 1 atom stereocenters. The van der Waals surface area contributed by atoms with Gasteiger partial charge < -0.3 is 20.6 Å². The number of aliphatic carboxylic acids is 1. The second-order valence-electron chi connectivity index (χ2n) is 2.71. The first-order chi connectivity index (χ1) is 5.72. The van der Waals surface area contributed by atoms with Gasteiger partial charge in [0.2, 0.25) is 0 Å². The van der Waals surface area contributed by atoms with E-state index in [0.29, 0.717) is 0 Å². The van der Waals surface area contributed by atoms with Crippen molar-refractivity contribution in [2.75, 3.05) is 0 Å². The molecule has 0 saturated heterocycles. The maximum atomic E-state index is 10.4. The van der Waals surface area contributed by atoms with Crippen LogP contribution in [0.1, 0.15) is 13.3 Å². The van der Waals surface area contributed by atoms with Crippen LogP contribution in [0.15, 0.2) is 11.4 Å². The van der Waals surface area contributed by atoms with E-state index in [-0.39, 0.29) is 12.0 Å². The molecular weight excluding hydrogens is 197 g/mol. The lowest BCUT2D eigenvalue weighted by molar-refractivity contribution is -0.138. The predicted octanol–water partition coefficient (Wildman–Crippen LogP) is -0.130. The number of hydrogen-bond acceptors (Lipinski definition) is 3. The number of carbonyl (C=O) groups is 1. The SMILES string of the molecule is CC(=CP(=O)(O)O)CC(N)C(=O)O. The molecule has 0 bridgehead atoms. The van der Waals surface area contributed by atoms with Gasteiger partial charge in [-0.3, -0.25) is 9.36 Å². The van der Waals surface area contributed by atoms with Gasteiger partial charge in [0.05, 0.1) is 0 Å². The molecule has 0 heterocycles. The molecule has 0 aromatic rings. The van der Waals surface area contributed by atoms with Gasteiger partial charge in [-0.25, -0.2) is 0 Å². The highest BCUT2D eigenvalue weighted by Gasteiger charge is 2.14. The van der Waals surface area contributed by atoms with Gasteiger partial charge in [0.1, 0.15) is 6.04 Å². The molecular formula is C6H12NO5P. The molecule has 1 unspecified atom stereocenters. The first kappa shape index (κ1) is 12.3. The van der Waals surface area contributed by atoms with Gasteiger partial charge in [-0.15, -0.1) is 0 Å². The van der Waals surface area contributed by atoms with Crippen molar-refractivity contribution in [2.24, 2.45) is 5.73 Å². The number of nitrogens with two attached hydrogens (primary N) is 1. The third-order valence-electron chi connectivity index (χ3n) is 1.25. The summed E-state index contributed by atoms with van der Waals surface area (Å²) in [7, 11) is -4.22. The van der Waals surface area contributed by atoms with Crippen LogP contribution in [0, 0.1) is 0 Å². The molecule has 0 rings (SSSR count). The van der Waals surface area contributed by atoms with Gasteiger partial charge in [-0.2, -0.15) is 0 Å². The summed E-state index contributed by atoms with van der Waals surface area (Å²) in [5.41, 5.74) is 5.41. The van der Waals surface area contributed by atoms with E-state index in [4.69, 9.17) is 20.6 Å². The monoisotopic (exact) mass is 209 g/mol. The Bertz CT molecular complexity index is 268. The number of carboxylic acid groups (broad SMARTS) is 1. The second kappa shape index (κ2) is 4.53. The van der Waals surface area contributed by atoms with Gasteiger partial charge in [-0.05, 0) is 13.3 Å². The Kier molecular flexibility index (Phi) is 4.29. The highest BCUT2D eigenvalue weighted by molar-refractivity contribution is 7.55. The molecule has 0 aromatic carbocycles. The first-order valence-electron chi connectivity index (χ1n) is 3.44. The van der Waals surface area contributed by atoms with Crippen molar-refractivity contribution in [3.05, 3.63) is 11.4 Å². The van der Waals surface area contributed by atoms with E-state index in [2.05, 4.69) is 0 Å². The van der Waals surface area contributed by atoms with E-state index in [9.17, 15) is 9.36 Å². The molecule has 0 spiro atoms. The molecule has 0 fully saturated rings. The second-order valence-corrected chi connectivity index (χ2v) is 4.15. The lowest BCUT2D eigenvalue weighted by atomic mass is 10.1. The van der Waals surface area contributed by atoms with Crippen LogP contribution in [-0.2, 0) is 9.36 Å². The van der Waals surface area contributed by atoms with Crippen molar-refractivity contribution < 1.29 is 24.3 Å². The van der Waals surface area contributed by atoms with Crippen molar-refractivity contribution in [3.63, 3.8) is 0 Å². The normalized spacial score (nSPS) is 15.5. The van der Waals surface area contributed by atoms with Crippen LogP contribution in [0.3, 0.4) is 0 Å². The summed E-state index contributed by atoms with van der Waals surface area (Å²) >= 11 is 0. The highest BCUT2D eigenvalue weighted by Crippen LogP contribution is 2.38. The minimum absolute atomic E-state index is 0.0690. The molecule has 5 N–H and O–H groups in total. The average Bonchev–Trinajstić information content (AvgIpc) is 1.81. The minimum Gasteiger partial charge on any atom is -0.480 e. The molecule has 0 aliphatic carbocycles. The standard InChI is InChI=1S/C6H12NO5P/c1-4(3-13(10,11)12)2-5(7)6(8)9/h3,5H,2,7H2,1H3,(H,8,9)(H2,10,11,12). The number of hydrogen-bond donors (Lipinski definition) is 4. The Balaban J connectivity index is 4.31. The largest absolute Gasteiger partial charge is 0.480 e. The van der Waals surface area contributed by atoms with Crippen molar-refractivity contribution in [3.8, 4) is 0 Å². The predicted molar refractivity (Wildman–Crippen MR) is 46.0 cm³/mol. The van der Waals surface area contributed by atoms with Crippen LogP contribution < -0.4 is 5.73 Å². The fourth-order valence-corrected chi connectivity index (χ4v) is 1.45.